The molecule has 0 aliphatic heterocycles. The number of hydrogen-bond donors (Lipinski definition) is 0. The third kappa shape index (κ3) is 3.75. The number of halogens is 1. The molecule has 4 heteroatoms. The Morgan fingerprint density at radius 3 is 2.19 bits per heavy atom. The van der Waals surface area contributed by atoms with Crippen molar-refractivity contribution in [2.24, 2.45) is 0 Å². The largest absolute Gasteiger partial charge is 0.454 e. The summed E-state index contributed by atoms with van der Waals surface area (Å²) < 4.78 is 17.7. The summed E-state index contributed by atoms with van der Waals surface area (Å²) in [5.41, 5.74) is 2.81. The van der Waals surface area contributed by atoms with Crippen LogP contribution in [0.1, 0.15) is 31.8 Å². The molecule has 2 aromatic carbocycles. The first-order valence-corrected chi connectivity index (χ1v) is 6.50. The average molecular weight is 286 g/mol. The second-order valence-electron chi connectivity index (χ2n) is 4.81. The van der Waals surface area contributed by atoms with Gasteiger partial charge in [-0.05, 0) is 55.3 Å². The molecule has 108 valence electrons. The topological polar surface area (TPSA) is 43.4 Å². The van der Waals surface area contributed by atoms with Gasteiger partial charge in [-0.2, -0.15) is 0 Å². The summed E-state index contributed by atoms with van der Waals surface area (Å²) in [5, 5.41) is 0. The maximum absolute atomic E-state index is 12.7. The molecule has 21 heavy (non-hydrogen) atoms. The quantitative estimate of drug-likeness (QED) is 0.638. The normalized spacial score (nSPS) is 10.2. The van der Waals surface area contributed by atoms with E-state index in [1.807, 2.05) is 19.9 Å². The molecule has 0 saturated heterocycles. The minimum Gasteiger partial charge on any atom is -0.454 e. The number of rotatable bonds is 4. The van der Waals surface area contributed by atoms with Crippen molar-refractivity contribution >= 4 is 11.8 Å². The van der Waals surface area contributed by atoms with Crippen molar-refractivity contribution in [3.05, 3.63) is 70.5 Å². The zero-order valence-electron chi connectivity index (χ0n) is 11.9. The Bertz CT molecular complexity index is 675. The van der Waals surface area contributed by atoms with Crippen LogP contribution in [0.4, 0.5) is 4.39 Å². The Kier molecular flexibility index (Phi) is 4.48. The number of esters is 1. The lowest BCUT2D eigenvalue weighted by Gasteiger charge is -2.06. The molecule has 0 amide bonds. The van der Waals surface area contributed by atoms with Crippen LogP contribution in [-0.2, 0) is 4.74 Å². The van der Waals surface area contributed by atoms with E-state index in [2.05, 4.69) is 0 Å². The van der Waals surface area contributed by atoms with Crippen LogP contribution in [0.3, 0.4) is 0 Å². The highest BCUT2D eigenvalue weighted by molar-refractivity contribution is 5.99. The van der Waals surface area contributed by atoms with E-state index in [-0.39, 0.29) is 18.0 Å². The molecule has 0 atom stereocenters. The molecule has 3 nitrogen and oxygen atoms in total. The maximum Gasteiger partial charge on any atom is 0.338 e. The molecule has 0 radical (unpaired) electrons. The van der Waals surface area contributed by atoms with E-state index in [9.17, 15) is 14.0 Å². The number of ketones is 1. The van der Waals surface area contributed by atoms with Gasteiger partial charge in [0.1, 0.15) is 5.82 Å². The molecule has 0 aliphatic carbocycles. The van der Waals surface area contributed by atoms with Gasteiger partial charge in [0, 0.05) is 5.56 Å². The molecule has 0 unspecified atom stereocenters. The van der Waals surface area contributed by atoms with Gasteiger partial charge in [0.15, 0.2) is 12.4 Å². The van der Waals surface area contributed by atoms with E-state index in [1.54, 1.807) is 12.1 Å². The van der Waals surface area contributed by atoms with Gasteiger partial charge in [0.25, 0.3) is 0 Å². The van der Waals surface area contributed by atoms with Gasteiger partial charge in [-0.25, -0.2) is 9.18 Å². The Morgan fingerprint density at radius 2 is 1.57 bits per heavy atom. The molecule has 0 saturated carbocycles. The zero-order chi connectivity index (χ0) is 15.4. The number of carbonyl (C=O) groups is 2. The van der Waals surface area contributed by atoms with E-state index in [0.29, 0.717) is 5.56 Å². The van der Waals surface area contributed by atoms with Gasteiger partial charge in [-0.1, -0.05) is 12.1 Å². The summed E-state index contributed by atoms with van der Waals surface area (Å²) in [5.74, 6) is -1.35. The summed E-state index contributed by atoms with van der Waals surface area (Å²) in [6.45, 7) is 3.54. The van der Waals surface area contributed by atoms with Gasteiger partial charge >= 0.3 is 5.97 Å². The van der Waals surface area contributed by atoms with Crippen LogP contribution in [0.5, 0.6) is 0 Å². The lowest BCUT2D eigenvalue weighted by molar-refractivity contribution is 0.0474. The predicted octanol–water partition coefficient (Wildman–Crippen LogP) is 3.48. The highest BCUT2D eigenvalue weighted by Crippen LogP contribution is 2.11. The van der Waals surface area contributed by atoms with E-state index < -0.39 is 11.8 Å². The molecular weight excluding hydrogens is 271 g/mol. The van der Waals surface area contributed by atoms with Crippen molar-refractivity contribution in [3.63, 3.8) is 0 Å². The molecule has 0 aliphatic rings. The van der Waals surface area contributed by atoms with Gasteiger partial charge in [0.05, 0.1) is 5.56 Å². The van der Waals surface area contributed by atoms with E-state index >= 15 is 0 Å². The van der Waals surface area contributed by atoms with E-state index in [4.69, 9.17) is 4.74 Å². The first-order valence-electron chi connectivity index (χ1n) is 6.50. The summed E-state index contributed by atoms with van der Waals surface area (Å²) in [7, 11) is 0. The second kappa shape index (κ2) is 6.31. The summed E-state index contributed by atoms with van der Waals surface area (Å²) in [4.78, 5) is 23.7. The fraction of sp³-hybridized carbons (Fsp3) is 0.176. The van der Waals surface area contributed by atoms with Gasteiger partial charge < -0.3 is 4.74 Å². The first-order chi connectivity index (χ1) is 9.97. The molecule has 0 N–H and O–H groups in total. The zero-order valence-corrected chi connectivity index (χ0v) is 11.9. The maximum atomic E-state index is 12.7. The molecule has 2 rings (SSSR count). The fourth-order valence-electron chi connectivity index (χ4n) is 1.80. The third-order valence-electron chi connectivity index (χ3n) is 3.24. The minimum atomic E-state index is -0.646. The summed E-state index contributed by atoms with van der Waals surface area (Å²) in [6, 6.07) is 10.3. The Morgan fingerprint density at radius 1 is 0.952 bits per heavy atom. The number of hydrogen-bond acceptors (Lipinski definition) is 3. The van der Waals surface area contributed by atoms with Crippen LogP contribution >= 0.6 is 0 Å². The summed E-state index contributed by atoms with van der Waals surface area (Å²) in [6.07, 6.45) is 0. The third-order valence-corrected chi connectivity index (χ3v) is 3.24. The lowest BCUT2D eigenvalue weighted by atomic mass is 10.0. The molecular formula is C17H15FO3. The standard InChI is InChI=1S/C17H15FO3/c1-11-3-4-14(9-12(11)2)16(19)10-21-17(20)13-5-7-15(18)8-6-13/h3-9H,10H2,1-2H3. The highest BCUT2D eigenvalue weighted by atomic mass is 19.1. The van der Waals surface area contributed by atoms with Crippen molar-refractivity contribution in [3.8, 4) is 0 Å². The average Bonchev–Trinajstić information content (AvgIpc) is 2.48. The second-order valence-corrected chi connectivity index (χ2v) is 4.81. The van der Waals surface area contributed by atoms with Crippen LogP contribution in [0.15, 0.2) is 42.5 Å². The van der Waals surface area contributed by atoms with E-state index in [0.717, 1.165) is 11.1 Å². The molecule has 2 aromatic rings. The Balaban J connectivity index is 1.98. The smallest absolute Gasteiger partial charge is 0.338 e. The minimum absolute atomic E-state index is 0.212. The van der Waals surface area contributed by atoms with Crippen molar-refractivity contribution in [1.29, 1.82) is 0 Å². The molecule has 0 bridgehead atoms. The fourth-order valence-corrected chi connectivity index (χ4v) is 1.80. The number of carbonyl (C=O) groups excluding carboxylic acids is 2. The lowest BCUT2D eigenvalue weighted by Crippen LogP contribution is -2.14. The molecule has 0 spiro atoms. The Labute approximate surface area is 122 Å². The molecule has 0 fully saturated rings. The highest BCUT2D eigenvalue weighted by Gasteiger charge is 2.12. The number of benzene rings is 2. The van der Waals surface area contributed by atoms with Crippen LogP contribution < -0.4 is 0 Å². The SMILES string of the molecule is Cc1ccc(C(=O)COC(=O)c2ccc(F)cc2)cc1C. The van der Waals surface area contributed by atoms with Gasteiger partial charge in [0.2, 0.25) is 0 Å². The van der Waals surface area contributed by atoms with Crippen LogP contribution in [0.2, 0.25) is 0 Å². The van der Waals surface area contributed by atoms with Crippen LogP contribution in [0, 0.1) is 19.7 Å². The van der Waals surface area contributed by atoms with Crippen molar-refractivity contribution in [2.75, 3.05) is 6.61 Å². The number of ether oxygens (including phenoxy) is 1. The van der Waals surface area contributed by atoms with Crippen LogP contribution in [-0.4, -0.2) is 18.4 Å². The predicted molar refractivity (Wildman–Crippen MR) is 76.9 cm³/mol. The molecule has 0 aromatic heterocycles. The summed E-state index contributed by atoms with van der Waals surface area (Å²) >= 11 is 0. The first kappa shape index (κ1) is 14.9. The number of aryl methyl sites for hydroxylation is 2. The van der Waals surface area contributed by atoms with Crippen molar-refractivity contribution < 1.29 is 18.7 Å². The molecule has 0 heterocycles. The van der Waals surface area contributed by atoms with Crippen LogP contribution in [0.25, 0.3) is 0 Å². The number of Topliss-reactive ketones (excluding diaryl/α,β-unsaturated/α-hetero) is 1. The van der Waals surface area contributed by atoms with Gasteiger partial charge in [-0.3, -0.25) is 4.79 Å². The monoisotopic (exact) mass is 286 g/mol. The van der Waals surface area contributed by atoms with Gasteiger partial charge in [-0.15, -0.1) is 0 Å². The Hall–Kier alpha value is -2.49. The van der Waals surface area contributed by atoms with Crippen molar-refractivity contribution in [2.45, 2.75) is 13.8 Å². The van der Waals surface area contributed by atoms with E-state index in [1.165, 1.54) is 24.3 Å². The van der Waals surface area contributed by atoms with Crippen molar-refractivity contribution in [1.82, 2.24) is 0 Å².